The topological polar surface area (TPSA) is 70.6 Å². The molecule has 2 heterocycles. The van der Waals surface area contributed by atoms with Crippen molar-refractivity contribution in [2.45, 2.75) is 40.0 Å². The molecule has 1 aliphatic rings. The van der Waals surface area contributed by atoms with Gasteiger partial charge in [-0.2, -0.15) is 0 Å². The summed E-state index contributed by atoms with van der Waals surface area (Å²) in [7, 11) is 0. The van der Waals surface area contributed by atoms with Gasteiger partial charge < -0.3 is 19.9 Å². The van der Waals surface area contributed by atoms with E-state index in [1.54, 1.807) is 0 Å². The highest BCUT2D eigenvalue weighted by Gasteiger charge is 2.22. The Kier molecular flexibility index (Phi) is 7.43. The van der Waals surface area contributed by atoms with Crippen molar-refractivity contribution in [1.82, 2.24) is 20.2 Å². The van der Waals surface area contributed by atoms with Crippen molar-refractivity contribution < 1.29 is 9.53 Å². The Morgan fingerprint density at radius 2 is 2.00 bits per heavy atom. The average Bonchev–Trinajstić information content (AvgIpc) is 2.61. The van der Waals surface area contributed by atoms with Crippen molar-refractivity contribution in [3.63, 3.8) is 0 Å². The Morgan fingerprint density at radius 1 is 1.28 bits per heavy atom. The monoisotopic (exact) mass is 349 g/mol. The standard InChI is InChI=1S/C18H31N5O2/c1-5-25-12-6-7-19-18(24)23-10-8-22(9-11-23)16-13-15(4)20-17(21-16)14(2)3/h13-14H,5-12H2,1-4H3,(H,19,24). The zero-order valence-electron chi connectivity index (χ0n) is 15.9. The fraction of sp³-hybridized carbons (Fsp3) is 0.722. The van der Waals surface area contributed by atoms with Crippen LogP contribution in [-0.4, -0.2) is 66.8 Å². The number of ether oxygens (including phenoxy) is 1. The van der Waals surface area contributed by atoms with Gasteiger partial charge in [0.05, 0.1) is 0 Å². The molecule has 0 bridgehead atoms. The second-order valence-electron chi connectivity index (χ2n) is 6.64. The van der Waals surface area contributed by atoms with Gasteiger partial charge >= 0.3 is 6.03 Å². The molecule has 2 amide bonds. The smallest absolute Gasteiger partial charge is 0.317 e. The molecule has 0 saturated carbocycles. The van der Waals surface area contributed by atoms with E-state index >= 15 is 0 Å². The maximum absolute atomic E-state index is 12.2. The molecular formula is C18H31N5O2. The van der Waals surface area contributed by atoms with Crippen molar-refractivity contribution in [2.24, 2.45) is 0 Å². The first kappa shape index (κ1) is 19.4. The molecule has 140 valence electrons. The highest BCUT2D eigenvalue weighted by Crippen LogP contribution is 2.18. The summed E-state index contributed by atoms with van der Waals surface area (Å²) in [6, 6.07) is 2.04. The van der Waals surface area contributed by atoms with Gasteiger partial charge in [0.25, 0.3) is 0 Å². The first-order valence-corrected chi connectivity index (χ1v) is 9.22. The Morgan fingerprint density at radius 3 is 2.64 bits per heavy atom. The van der Waals surface area contributed by atoms with E-state index in [1.807, 2.05) is 24.8 Å². The number of aryl methyl sites for hydroxylation is 1. The maximum atomic E-state index is 12.2. The number of carbonyl (C=O) groups is 1. The summed E-state index contributed by atoms with van der Waals surface area (Å²) in [6.07, 6.45) is 0.845. The van der Waals surface area contributed by atoms with Crippen molar-refractivity contribution in [3.8, 4) is 0 Å². The minimum atomic E-state index is 0.0119. The molecule has 0 radical (unpaired) electrons. The quantitative estimate of drug-likeness (QED) is 0.764. The minimum absolute atomic E-state index is 0.0119. The maximum Gasteiger partial charge on any atom is 0.317 e. The number of rotatable bonds is 7. The van der Waals surface area contributed by atoms with Crippen molar-refractivity contribution in [1.29, 1.82) is 0 Å². The molecule has 1 aliphatic heterocycles. The number of aromatic nitrogens is 2. The SMILES string of the molecule is CCOCCCNC(=O)N1CCN(c2cc(C)nc(C(C)C)n2)CC1. The van der Waals surface area contributed by atoms with E-state index in [2.05, 4.69) is 34.0 Å². The van der Waals surface area contributed by atoms with Crippen LogP contribution in [0.25, 0.3) is 0 Å². The van der Waals surface area contributed by atoms with Gasteiger partial charge in [0.15, 0.2) is 0 Å². The molecule has 25 heavy (non-hydrogen) atoms. The zero-order chi connectivity index (χ0) is 18.2. The van der Waals surface area contributed by atoms with Gasteiger partial charge in [-0.15, -0.1) is 0 Å². The van der Waals surface area contributed by atoms with Gasteiger partial charge in [0.1, 0.15) is 11.6 Å². The van der Waals surface area contributed by atoms with Crippen LogP contribution in [0.1, 0.15) is 44.6 Å². The lowest BCUT2D eigenvalue weighted by molar-refractivity contribution is 0.143. The number of nitrogens with zero attached hydrogens (tertiary/aromatic N) is 4. The van der Waals surface area contributed by atoms with E-state index in [1.165, 1.54) is 0 Å². The van der Waals surface area contributed by atoms with Gasteiger partial charge in [0, 0.05) is 63.6 Å². The second-order valence-corrected chi connectivity index (χ2v) is 6.64. The third-order valence-corrected chi connectivity index (χ3v) is 4.21. The molecule has 2 rings (SSSR count). The minimum Gasteiger partial charge on any atom is -0.382 e. The van der Waals surface area contributed by atoms with Gasteiger partial charge in [-0.3, -0.25) is 0 Å². The lowest BCUT2D eigenvalue weighted by Crippen LogP contribution is -2.52. The van der Waals surface area contributed by atoms with Gasteiger partial charge in [-0.25, -0.2) is 14.8 Å². The van der Waals surface area contributed by atoms with E-state index in [9.17, 15) is 4.79 Å². The molecule has 1 aromatic heterocycles. The van der Waals surface area contributed by atoms with Crippen molar-refractivity contribution >= 4 is 11.8 Å². The van der Waals surface area contributed by atoms with Crippen molar-refractivity contribution in [3.05, 3.63) is 17.6 Å². The average molecular weight is 349 g/mol. The number of hydrogen-bond donors (Lipinski definition) is 1. The van der Waals surface area contributed by atoms with Crippen LogP contribution in [-0.2, 0) is 4.74 Å². The Bertz CT molecular complexity index is 556. The molecule has 1 N–H and O–H groups in total. The lowest BCUT2D eigenvalue weighted by Gasteiger charge is -2.35. The predicted octanol–water partition coefficient (Wildman–Crippen LogP) is 2.17. The summed E-state index contributed by atoms with van der Waals surface area (Å²) < 4.78 is 5.28. The molecule has 0 unspecified atom stereocenters. The van der Waals surface area contributed by atoms with E-state index in [0.29, 0.717) is 32.2 Å². The third kappa shape index (κ3) is 5.85. The first-order valence-electron chi connectivity index (χ1n) is 9.22. The van der Waals surface area contributed by atoms with Gasteiger partial charge in [-0.05, 0) is 20.3 Å². The highest BCUT2D eigenvalue weighted by molar-refractivity contribution is 5.74. The number of nitrogens with one attached hydrogen (secondary N) is 1. The summed E-state index contributed by atoms with van der Waals surface area (Å²) >= 11 is 0. The molecule has 1 fully saturated rings. The summed E-state index contributed by atoms with van der Waals surface area (Å²) in [5.74, 6) is 2.15. The molecule has 0 atom stereocenters. The fourth-order valence-electron chi connectivity index (χ4n) is 2.76. The summed E-state index contributed by atoms with van der Waals surface area (Å²) in [5, 5.41) is 2.96. The molecule has 1 aromatic rings. The number of piperazine rings is 1. The largest absolute Gasteiger partial charge is 0.382 e. The Labute approximate surface area is 150 Å². The molecule has 0 aliphatic carbocycles. The number of carbonyl (C=O) groups excluding carboxylic acids is 1. The molecular weight excluding hydrogens is 318 g/mol. The van der Waals surface area contributed by atoms with Crippen LogP contribution in [0.4, 0.5) is 10.6 Å². The van der Waals surface area contributed by atoms with Gasteiger partial charge in [0.2, 0.25) is 0 Å². The number of amides is 2. The van der Waals surface area contributed by atoms with Crippen LogP contribution in [0.3, 0.4) is 0 Å². The molecule has 7 nitrogen and oxygen atoms in total. The van der Waals surface area contributed by atoms with E-state index < -0.39 is 0 Å². The van der Waals surface area contributed by atoms with Crippen LogP contribution in [0.15, 0.2) is 6.07 Å². The summed E-state index contributed by atoms with van der Waals surface area (Å²) in [4.78, 5) is 25.5. The second kappa shape index (κ2) is 9.56. The Balaban J connectivity index is 1.82. The Hall–Kier alpha value is -1.89. The fourth-order valence-corrected chi connectivity index (χ4v) is 2.76. The van der Waals surface area contributed by atoms with E-state index in [-0.39, 0.29) is 6.03 Å². The first-order chi connectivity index (χ1) is 12.0. The number of urea groups is 1. The summed E-state index contributed by atoms with van der Waals surface area (Å²) in [5.41, 5.74) is 0.989. The molecule has 1 saturated heterocycles. The third-order valence-electron chi connectivity index (χ3n) is 4.21. The number of hydrogen-bond acceptors (Lipinski definition) is 5. The molecule has 0 spiro atoms. The normalized spacial score (nSPS) is 14.9. The van der Waals surface area contributed by atoms with E-state index in [4.69, 9.17) is 4.74 Å². The predicted molar refractivity (Wildman–Crippen MR) is 99.2 cm³/mol. The van der Waals surface area contributed by atoms with Crippen molar-refractivity contribution in [2.75, 3.05) is 50.8 Å². The van der Waals surface area contributed by atoms with Crippen LogP contribution < -0.4 is 10.2 Å². The van der Waals surface area contributed by atoms with Crippen LogP contribution in [0, 0.1) is 6.92 Å². The lowest BCUT2D eigenvalue weighted by atomic mass is 10.2. The molecule has 0 aromatic carbocycles. The summed E-state index contributed by atoms with van der Waals surface area (Å²) in [6.45, 7) is 13.2. The van der Waals surface area contributed by atoms with Crippen LogP contribution in [0.2, 0.25) is 0 Å². The van der Waals surface area contributed by atoms with E-state index in [0.717, 1.165) is 43.5 Å². The number of anilines is 1. The van der Waals surface area contributed by atoms with Gasteiger partial charge in [-0.1, -0.05) is 13.8 Å². The molecule has 7 heteroatoms. The van der Waals surface area contributed by atoms with Crippen LogP contribution >= 0.6 is 0 Å². The zero-order valence-corrected chi connectivity index (χ0v) is 15.9. The highest BCUT2D eigenvalue weighted by atomic mass is 16.5. The van der Waals surface area contributed by atoms with Crippen LogP contribution in [0.5, 0.6) is 0 Å².